The molecule has 1 heterocycles. The van der Waals surface area contributed by atoms with E-state index in [0.717, 1.165) is 4.68 Å². The number of anilines is 1. The number of hydrogen-bond acceptors (Lipinski definition) is 4. The molecule has 28 heavy (non-hydrogen) atoms. The van der Waals surface area contributed by atoms with Gasteiger partial charge in [0.2, 0.25) is 0 Å². The van der Waals surface area contributed by atoms with Gasteiger partial charge >= 0.3 is 18.8 Å². The largest absolute Gasteiger partial charge is 0.435 e. The van der Waals surface area contributed by atoms with Crippen LogP contribution >= 0.6 is 0 Å². The number of nitrogens with zero attached hydrogens (tertiary/aromatic N) is 2. The number of rotatable bonds is 6. The maximum absolute atomic E-state index is 13.2. The Hall–Kier alpha value is -3.18. The predicted octanol–water partition coefficient (Wildman–Crippen LogP) is 3.68. The summed E-state index contributed by atoms with van der Waals surface area (Å²) in [6.45, 7) is -1.57. The Kier molecular flexibility index (Phi) is 6.21. The van der Waals surface area contributed by atoms with Crippen molar-refractivity contribution >= 4 is 18.1 Å². The summed E-state index contributed by atoms with van der Waals surface area (Å²) in [5.74, 6) is -0.596. The van der Waals surface area contributed by atoms with Crippen molar-refractivity contribution in [2.24, 2.45) is 0 Å². The van der Waals surface area contributed by atoms with Crippen LogP contribution in [0.5, 0.6) is 5.75 Å². The highest BCUT2D eigenvalue weighted by molar-refractivity contribution is 5.95. The first-order valence-corrected chi connectivity index (χ1v) is 7.76. The van der Waals surface area contributed by atoms with E-state index in [0.29, 0.717) is 5.56 Å². The lowest BCUT2D eigenvalue weighted by molar-refractivity contribution is -0.141. The van der Waals surface area contributed by atoms with E-state index in [-0.39, 0.29) is 12.0 Å². The van der Waals surface area contributed by atoms with Crippen LogP contribution in [-0.2, 0) is 6.18 Å². The molecule has 1 aromatic carbocycles. The Balaban J connectivity index is 2.51. The van der Waals surface area contributed by atoms with Gasteiger partial charge in [-0.15, -0.1) is 0 Å². The zero-order valence-corrected chi connectivity index (χ0v) is 14.6. The molecule has 2 N–H and O–H groups in total. The number of halogens is 5. The van der Waals surface area contributed by atoms with Gasteiger partial charge in [0, 0.05) is 7.05 Å². The van der Waals surface area contributed by atoms with E-state index in [2.05, 4.69) is 20.5 Å². The minimum absolute atomic E-state index is 0.0517. The SMILES string of the molecule is CNC(=O)Nc1c(C=O)c(C(F)(F)F)nn1C(C)c1ccc(OC(F)F)cc1. The summed E-state index contributed by atoms with van der Waals surface area (Å²) in [4.78, 5) is 22.9. The summed E-state index contributed by atoms with van der Waals surface area (Å²) >= 11 is 0. The van der Waals surface area contributed by atoms with E-state index in [1.165, 1.54) is 38.2 Å². The van der Waals surface area contributed by atoms with Crippen molar-refractivity contribution in [3.05, 3.63) is 41.1 Å². The minimum atomic E-state index is -4.94. The topological polar surface area (TPSA) is 85.3 Å². The molecule has 0 saturated heterocycles. The molecular weight excluding hydrogens is 391 g/mol. The highest BCUT2D eigenvalue weighted by atomic mass is 19.4. The van der Waals surface area contributed by atoms with Crippen molar-refractivity contribution in [2.45, 2.75) is 25.8 Å². The molecule has 152 valence electrons. The van der Waals surface area contributed by atoms with E-state index < -0.39 is 41.9 Å². The van der Waals surface area contributed by atoms with E-state index in [1.807, 2.05) is 0 Å². The van der Waals surface area contributed by atoms with Crippen LogP contribution < -0.4 is 15.4 Å². The lowest BCUT2D eigenvalue weighted by Crippen LogP contribution is -2.27. The maximum atomic E-state index is 13.2. The van der Waals surface area contributed by atoms with Gasteiger partial charge in [-0.05, 0) is 24.6 Å². The van der Waals surface area contributed by atoms with Crippen LogP contribution in [0.15, 0.2) is 24.3 Å². The van der Waals surface area contributed by atoms with E-state index >= 15 is 0 Å². The number of aromatic nitrogens is 2. The minimum Gasteiger partial charge on any atom is -0.435 e. The standard InChI is InChI=1S/C16H15F5N4O3/c1-8(9-3-5-10(6-4-9)28-14(17)18)25-13(23-15(27)22-2)11(7-26)12(24-25)16(19,20)21/h3-8,14H,1-2H3,(H2,22,23,27). The first kappa shape index (κ1) is 21.1. The number of hydrogen-bond donors (Lipinski definition) is 2. The molecule has 0 saturated carbocycles. The fourth-order valence-corrected chi connectivity index (χ4v) is 2.41. The van der Waals surface area contributed by atoms with Crippen molar-refractivity contribution < 1.29 is 36.3 Å². The van der Waals surface area contributed by atoms with Crippen LogP contribution in [0.3, 0.4) is 0 Å². The van der Waals surface area contributed by atoms with Crippen molar-refractivity contribution in [2.75, 3.05) is 12.4 Å². The Labute approximate surface area is 155 Å². The average molecular weight is 406 g/mol. The van der Waals surface area contributed by atoms with Crippen molar-refractivity contribution in [1.82, 2.24) is 15.1 Å². The number of carbonyl (C=O) groups is 2. The zero-order chi connectivity index (χ0) is 21.1. The number of alkyl halides is 5. The van der Waals surface area contributed by atoms with Gasteiger partial charge in [0.25, 0.3) is 0 Å². The van der Waals surface area contributed by atoms with Crippen LogP contribution in [0.4, 0.5) is 32.6 Å². The summed E-state index contributed by atoms with van der Waals surface area (Å²) in [5, 5.41) is 7.78. The number of ether oxygens (including phenoxy) is 1. The first-order valence-electron chi connectivity index (χ1n) is 7.76. The number of amides is 2. The van der Waals surface area contributed by atoms with Crippen LogP contribution in [0.1, 0.15) is 34.6 Å². The third-order valence-corrected chi connectivity index (χ3v) is 3.75. The zero-order valence-electron chi connectivity index (χ0n) is 14.6. The van der Waals surface area contributed by atoms with Crippen molar-refractivity contribution in [3.63, 3.8) is 0 Å². The van der Waals surface area contributed by atoms with Gasteiger partial charge in [0.05, 0.1) is 11.6 Å². The third kappa shape index (κ3) is 4.56. The molecule has 0 aliphatic heterocycles. The smallest absolute Gasteiger partial charge is 0.435 e. The molecule has 0 aliphatic rings. The molecule has 2 rings (SSSR count). The summed E-state index contributed by atoms with van der Waals surface area (Å²) < 4.78 is 69.2. The van der Waals surface area contributed by atoms with E-state index in [9.17, 15) is 31.5 Å². The van der Waals surface area contributed by atoms with Gasteiger partial charge in [-0.2, -0.15) is 27.1 Å². The Morgan fingerprint density at radius 2 is 1.86 bits per heavy atom. The fraction of sp³-hybridized carbons (Fsp3) is 0.312. The number of benzene rings is 1. The Bertz CT molecular complexity index is 849. The molecular formula is C16H15F5N4O3. The van der Waals surface area contributed by atoms with Crippen LogP contribution in [0.25, 0.3) is 0 Å². The molecule has 0 aliphatic carbocycles. The molecule has 0 bridgehead atoms. The number of aldehydes is 1. The van der Waals surface area contributed by atoms with Crippen molar-refractivity contribution in [3.8, 4) is 5.75 Å². The normalized spacial score (nSPS) is 12.6. The quantitative estimate of drug-likeness (QED) is 0.566. The molecule has 1 atom stereocenters. The number of urea groups is 1. The maximum Gasteiger partial charge on any atom is 0.435 e. The molecule has 1 unspecified atom stereocenters. The molecule has 1 aromatic heterocycles. The number of carbonyl (C=O) groups excluding carboxylic acids is 2. The lowest BCUT2D eigenvalue weighted by atomic mass is 10.1. The molecule has 7 nitrogen and oxygen atoms in total. The van der Waals surface area contributed by atoms with Gasteiger partial charge in [0.15, 0.2) is 12.0 Å². The Morgan fingerprint density at radius 3 is 2.32 bits per heavy atom. The lowest BCUT2D eigenvalue weighted by Gasteiger charge is -2.17. The summed E-state index contributed by atoms with van der Waals surface area (Å²) in [7, 11) is 1.24. The summed E-state index contributed by atoms with van der Waals surface area (Å²) in [6, 6.07) is 3.37. The monoisotopic (exact) mass is 406 g/mol. The first-order chi connectivity index (χ1) is 13.1. The van der Waals surface area contributed by atoms with E-state index in [4.69, 9.17) is 0 Å². The number of nitrogens with one attached hydrogen (secondary N) is 2. The molecule has 0 fully saturated rings. The van der Waals surface area contributed by atoms with Crippen LogP contribution in [0.2, 0.25) is 0 Å². The third-order valence-electron chi connectivity index (χ3n) is 3.75. The highest BCUT2D eigenvalue weighted by Crippen LogP contribution is 2.36. The van der Waals surface area contributed by atoms with Gasteiger partial charge in [-0.25, -0.2) is 9.48 Å². The molecule has 2 amide bonds. The second-order valence-corrected chi connectivity index (χ2v) is 5.50. The second kappa shape index (κ2) is 8.23. The molecule has 0 radical (unpaired) electrons. The molecule has 2 aromatic rings. The van der Waals surface area contributed by atoms with Gasteiger partial charge < -0.3 is 10.1 Å². The summed E-state index contributed by atoms with van der Waals surface area (Å²) in [6.07, 6.45) is -4.99. The Morgan fingerprint density at radius 1 is 1.25 bits per heavy atom. The molecule has 0 spiro atoms. The van der Waals surface area contributed by atoms with E-state index in [1.54, 1.807) is 0 Å². The summed E-state index contributed by atoms with van der Waals surface area (Å²) in [5.41, 5.74) is -1.92. The predicted molar refractivity (Wildman–Crippen MR) is 87.6 cm³/mol. The van der Waals surface area contributed by atoms with Crippen LogP contribution in [-0.4, -0.2) is 35.8 Å². The van der Waals surface area contributed by atoms with Gasteiger partial charge in [-0.3, -0.25) is 10.1 Å². The van der Waals surface area contributed by atoms with Crippen LogP contribution in [0, 0.1) is 0 Å². The van der Waals surface area contributed by atoms with Crippen molar-refractivity contribution in [1.29, 1.82) is 0 Å². The average Bonchev–Trinajstić information content (AvgIpc) is 2.99. The fourth-order valence-electron chi connectivity index (χ4n) is 2.41. The van der Waals surface area contributed by atoms with Gasteiger partial charge in [-0.1, -0.05) is 12.1 Å². The molecule has 12 heteroatoms. The highest BCUT2D eigenvalue weighted by Gasteiger charge is 2.40. The van der Waals surface area contributed by atoms with Gasteiger partial charge in [0.1, 0.15) is 11.6 Å². The second-order valence-electron chi connectivity index (χ2n) is 5.50.